The van der Waals surface area contributed by atoms with Crippen LogP contribution >= 0.6 is 0 Å². The van der Waals surface area contributed by atoms with E-state index in [1.54, 1.807) is 45.5 Å². The summed E-state index contributed by atoms with van der Waals surface area (Å²) in [6, 6.07) is 14.2. The lowest BCUT2D eigenvalue weighted by Crippen LogP contribution is -2.27. The lowest BCUT2D eigenvalue weighted by molar-refractivity contribution is -0.130. The molecule has 0 aliphatic carbocycles. The van der Waals surface area contributed by atoms with Crippen LogP contribution in [0.3, 0.4) is 0 Å². The smallest absolute Gasteiger partial charge is 0.259 e. The van der Waals surface area contributed by atoms with E-state index in [-0.39, 0.29) is 18.4 Å². The van der Waals surface area contributed by atoms with Gasteiger partial charge in [-0.05, 0) is 55.0 Å². The Morgan fingerprint density at radius 1 is 0.893 bits per heavy atom. The van der Waals surface area contributed by atoms with E-state index in [4.69, 9.17) is 14.2 Å². The van der Waals surface area contributed by atoms with Gasteiger partial charge in [0, 0.05) is 26.2 Å². The van der Waals surface area contributed by atoms with Crippen LogP contribution in [0.4, 0.5) is 5.69 Å². The van der Waals surface area contributed by atoms with Crippen LogP contribution in [-0.4, -0.2) is 51.1 Å². The Bertz CT molecular complexity index is 757. The largest absolute Gasteiger partial charge is 0.497 e. The quantitative estimate of drug-likeness (QED) is 0.635. The Balaban J connectivity index is 1.67. The first-order valence-electron chi connectivity index (χ1n) is 8.97. The van der Waals surface area contributed by atoms with E-state index in [9.17, 15) is 9.59 Å². The lowest BCUT2D eigenvalue weighted by Gasteiger charge is -2.12. The predicted octanol–water partition coefficient (Wildman–Crippen LogP) is 2.96. The maximum Gasteiger partial charge on any atom is 0.259 e. The molecule has 28 heavy (non-hydrogen) atoms. The summed E-state index contributed by atoms with van der Waals surface area (Å²) in [6.45, 7) is 0.430. The third-order valence-electron chi connectivity index (χ3n) is 3.88. The summed E-state index contributed by atoms with van der Waals surface area (Å²) < 4.78 is 16.1. The van der Waals surface area contributed by atoms with Gasteiger partial charge in [-0.3, -0.25) is 9.59 Å². The first kappa shape index (κ1) is 21.1. The van der Waals surface area contributed by atoms with E-state index >= 15 is 0 Å². The number of nitrogens with one attached hydrogen (secondary N) is 1. The summed E-state index contributed by atoms with van der Waals surface area (Å²) in [5, 5.41) is 2.82. The van der Waals surface area contributed by atoms with Crippen molar-refractivity contribution < 1.29 is 23.8 Å². The molecule has 0 spiro atoms. The molecule has 0 heterocycles. The summed E-state index contributed by atoms with van der Waals surface area (Å²) in [6.07, 6.45) is 0.956. The molecule has 0 radical (unpaired) electrons. The van der Waals surface area contributed by atoms with Crippen molar-refractivity contribution in [1.29, 1.82) is 0 Å². The number of rotatable bonds is 10. The average Bonchev–Trinajstić information content (AvgIpc) is 2.70. The molecule has 0 aromatic heterocycles. The van der Waals surface area contributed by atoms with Gasteiger partial charge in [-0.1, -0.05) is 0 Å². The number of methoxy groups -OCH3 is 1. The maximum absolute atomic E-state index is 12.0. The SMILES string of the molecule is COc1ccc(OCCCC(=O)Nc2ccc(OCC(=O)N(C)C)cc2)cc1. The fourth-order valence-corrected chi connectivity index (χ4v) is 2.23. The topological polar surface area (TPSA) is 77.1 Å². The molecule has 0 fully saturated rings. The standard InChI is InChI=1S/C21H26N2O5/c1-23(2)21(25)15-28-19-8-6-16(7-9-19)22-20(24)5-4-14-27-18-12-10-17(26-3)11-13-18/h6-13H,4-5,14-15H2,1-3H3,(H,22,24). The Morgan fingerprint density at radius 2 is 1.46 bits per heavy atom. The average molecular weight is 386 g/mol. The van der Waals surface area contributed by atoms with Crippen LogP contribution in [-0.2, 0) is 9.59 Å². The number of hydrogen-bond acceptors (Lipinski definition) is 5. The van der Waals surface area contributed by atoms with Crippen LogP contribution in [0.2, 0.25) is 0 Å². The van der Waals surface area contributed by atoms with Gasteiger partial charge in [-0.2, -0.15) is 0 Å². The highest BCUT2D eigenvalue weighted by molar-refractivity contribution is 5.90. The zero-order valence-electron chi connectivity index (χ0n) is 16.4. The maximum atomic E-state index is 12.0. The summed E-state index contributed by atoms with van der Waals surface area (Å²) in [4.78, 5) is 25.0. The van der Waals surface area contributed by atoms with Crippen molar-refractivity contribution in [3.05, 3.63) is 48.5 Å². The van der Waals surface area contributed by atoms with Crippen LogP contribution in [0.5, 0.6) is 17.2 Å². The number of amides is 2. The number of ether oxygens (including phenoxy) is 3. The molecule has 0 saturated heterocycles. The molecule has 2 amide bonds. The molecule has 7 nitrogen and oxygen atoms in total. The second-order valence-electron chi connectivity index (χ2n) is 6.28. The fraction of sp³-hybridized carbons (Fsp3) is 0.333. The zero-order chi connectivity index (χ0) is 20.4. The molecule has 0 aliphatic rings. The van der Waals surface area contributed by atoms with Crippen molar-refractivity contribution >= 4 is 17.5 Å². The Labute approximate surface area is 165 Å². The van der Waals surface area contributed by atoms with Gasteiger partial charge in [0.25, 0.3) is 5.91 Å². The highest BCUT2D eigenvalue weighted by atomic mass is 16.5. The molecule has 0 bridgehead atoms. The van der Waals surface area contributed by atoms with E-state index in [2.05, 4.69) is 5.32 Å². The van der Waals surface area contributed by atoms with Crippen molar-refractivity contribution in [2.45, 2.75) is 12.8 Å². The monoisotopic (exact) mass is 386 g/mol. The molecular formula is C21H26N2O5. The minimum atomic E-state index is -0.116. The van der Waals surface area contributed by atoms with Gasteiger partial charge in [0.15, 0.2) is 6.61 Å². The van der Waals surface area contributed by atoms with Crippen LogP contribution in [0.25, 0.3) is 0 Å². The van der Waals surface area contributed by atoms with Crippen LogP contribution in [0.15, 0.2) is 48.5 Å². The predicted molar refractivity (Wildman–Crippen MR) is 107 cm³/mol. The van der Waals surface area contributed by atoms with E-state index < -0.39 is 0 Å². The van der Waals surface area contributed by atoms with Gasteiger partial charge in [-0.15, -0.1) is 0 Å². The summed E-state index contributed by atoms with van der Waals surface area (Å²) in [7, 11) is 4.96. The Kier molecular flexibility index (Phi) is 8.14. The molecule has 1 N–H and O–H groups in total. The van der Waals surface area contributed by atoms with Crippen molar-refractivity contribution in [3.63, 3.8) is 0 Å². The molecule has 0 unspecified atom stereocenters. The molecular weight excluding hydrogens is 360 g/mol. The fourth-order valence-electron chi connectivity index (χ4n) is 2.23. The first-order valence-corrected chi connectivity index (χ1v) is 8.97. The molecule has 2 aromatic carbocycles. The van der Waals surface area contributed by atoms with E-state index in [0.717, 1.165) is 11.5 Å². The Morgan fingerprint density at radius 3 is 2.07 bits per heavy atom. The van der Waals surface area contributed by atoms with Gasteiger partial charge in [0.05, 0.1) is 13.7 Å². The van der Waals surface area contributed by atoms with Gasteiger partial charge < -0.3 is 24.4 Å². The van der Waals surface area contributed by atoms with Gasteiger partial charge >= 0.3 is 0 Å². The molecule has 2 rings (SSSR count). The molecule has 0 atom stereocenters. The Hall–Kier alpha value is -3.22. The number of carbonyl (C=O) groups excluding carboxylic acids is 2. The van der Waals surface area contributed by atoms with Crippen LogP contribution in [0.1, 0.15) is 12.8 Å². The summed E-state index contributed by atoms with van der Waals surface area (Å²) >= 11 is 0. The van der Waals surface area contributed by atoms with E-state index in [0.29, 0.717) is 30.9 Å². The number of likely N-dealkylation sites (N-methyl/N-ethyl adjacent to an activating group) is 1. The summed E-state index contributed by atoms with van der Waals surface area (Å²) in [5.41, 5.74) is 0.673. The van der Waals surface area contributed by atoms with E-state index in [1.165, 1.54) is 4.90 Å². The first-order chi connectivity index (χ1) is 13.5. The molecule has 150 valence electrons. The van der Waals surface area contributed by atoms with E-state index in [1.807, 2.05) is 24.3 Å². The van der Waals surface area contributed by atoms with Crippen LogP contribution in [0, 0.1) is 0 Å². The van der Waals surface area contributed by atoms with Crippen molar-refractivity contribution in [3.8, 4) is 17.2 Å². The number of benzene rings is 2. The normalized spacial score (nSPS) is 10.1. The van der Waals surface area contributed by atoms with Crippen molar-refractivity contribution in [2.24, 2.45) is 0 Å². The molecule has 0 aliphatic heterocycles. The van der Waals surface area contributed by atoms with Gasteiger partial charge in [0.2, 0.25) is 5.91 Å². The molecule has 7 heteroatoms. The number of nitrogens with zero attached hydrogens (tertiary/aromatic N) is 1. The number of carbonyl (C=O) groups is 2. The highest BCUT2D eigenvalue weighted by Gasteiger charge is 2.06. The second-order valence-corrected chi connectivity index (χ2v) is 6.28. The van der Waals surface area contributed by atoms with Gasteiger partial charge in [-0.25, -0.2) is 0 Å². The minimum Gasteiger partial charge on any atom is -0.497 e. The number of anilines is 1. The lowest BCUT2D eigenvalue weighted by atomic mass is 10.2. The molecule has 0 saturated carbocycles. The van der Waals surface area contributed by atoms with Crippen LogP contribution < -0.4 is 19.5 Å². The third-order valence-corrected chi connectivity index (χ3v) is 3.88. The van der Waals surface area contributed by atoms with Crippen molar-refractivity contribution in [1.82, 2.24) is 4.90 Å². The van der Waals surface area contributed by atoms with Gasteiger partial charge in [0.1, 0.15) is 17.2 Å². The number of hydrogen-bond donors (Lipinski definition) is 1. The zero-order valence-corrected chi connectivity index (χ0v) is 16.4. The minimum absolute atomic E-state index is 0.0209. The third kappa shape index (κ3) is 7.19. The summed E-state index contributed by atoms with van der Waals surface area (Å²) in [5.74, 6) is 1.88. The molecule has 2 aromatic rings. The second kappa shape index (κ2) is 10.8. The van der Waals surface area contributed by atoms with Crippen molar-refractivity contribution in [2.75, 3.05) is 39.7 Å². The highest BCUT2D eigenvalue weighted by Crippen LogP contribution is 2.18.